The molecular weight excluding hydrogens is 352 g/mol. The number of likely N-dealkylation sites (tertiary alicyclic amines) is 2. The number of hydrogen-bond acceptors (Lipinski definition) is 3. The van der Waals surface area contributed by atoms with Gasteiger partial charge in [-0.1, -0.05) is 23.7 Å². The zero-order valence-electron chi connectivity index (χ0n) is 15.0. The summed E-state index contributed by atoms with van der Waals surface area (Å²) in [5, 5.41) is 0.497. The van der Waals surface area contributed by atoms with Crippen LogP contribution in [0.3, 0.4) is 0 Å². The number of amides is 2. The Bertz CT molecular complexity index is 706. The summed E-state index contributed by atoms with van der Waals surface area (Å²) in [5.74, 6) is 1.41. The predicted octanol–water partition coefficient (Wildman–Crippen LogP) is 2.97. The summed E-state index contributed by atoms with van der Waals surface area (Å²) in [6.07, 6.45) is 5.20. The predicted molar refractivity (Wildman–Crippen MR) is 99.1 cm³/mol. The Morgan fingerprint density at radius 1 is 1.23 bits per heavy atom. The molecule has 0 radical (unpaired) electrons. The summed E-state index contributed by atoms with van der Waals surface area (Å²) in [4.78, 5) is 29.4. The van der Waals surface area contributed by atoms with Crippen LogP contribution in [0.4, 0.5) is 0 Å². The maximum absolute atomic E-state index is 13.0. The van der Waals surface area contributed by atoms with Gasteiger partial charge >= 0.3 is 0 Å². The van der Waals surface area contributed by atoms with E-state index in [9.17, 15) is 9.59 Å². The van der Waals surface area contributed by atoms with Crippen LogP contribution in [0.1, 0.15) is 32.1 Å². The van der Waals surface area contributed by atoms with Crippen LogP contribution in [-0.4, -0.2) is 54.4 Å². The molecule has 1 aliphatic carbocycles. The van der Waals surface area contributed by atoms with E-state index in [1.165, 1.54) is 12.8 Å². The highest BCUT2D eigenvalue weighted by molar-refractivity contribution is 6.32. The maximum atomic E-state index is 13.0. The Hall–Kier alpha value is -1.75. The third-order valence-corrected chi connectivity index (χ3v) is 6.21. The normalized spacial score (nSPS) is 25.8. The van der Waals surface area contributed by atoms with E-state index in [2.05, 4.69) is 4.90 Å². The van der Waals surface area contributed by atoms with Crippen molar-refractivity contribution >= 4 is 23.4 Å². The molecule has 1 atom stereocenters. The fourth-order valence-electron chi connectivity index (χ4n) is 4.19. The molecule has 1 unspecified atom stereocenters. The van der Waals surface area contributed by atoms with Gasteiger partial charge in [-0.25, -0.2) is 0 Å². The third-order valence-electron chi connectivity index (χ3n) is 5.89. The second-order valence-corrected chi connectivity index (χ2v) is 8.27. The molecule has 2 saturated heterocycles. The van der Waals surface area contributed by atoms with Crippen molar-refractivity contribution in [1.82, 2.24) is 9.80 Å². The number of halogens is 1. The van der Waals surface area contributed by atoms with Crippen LogP contribution in [0.15, 0.2) is 24.3 Å². The highest BCUT2D eigenvalue weighted by Crippen LogP contribution is 2.41. The summed E-state index contributed by atoms with van der Waals surface area (Å²) >= 11 is 6.07. The minimum Gasteiger partial charge on any atom is -0.482 e. The molecule has 0 bridgehead atoms. The molecule has 1 aromatic rings. The fraction of sp³-hybridized carbons (Fsp3) is 0.600. The quantitative estimate of drug-likeness (QED) is 0.793. The molecule has 5 nitrogen and oxygen atoms in total. The van der Waals surface area contributed by atoms with Crippen molar-refractivity contribution in [2.75, 3.05) is 32.8 Å². The number of para-hydroxylation sites is 1. The van der Waals surface area contributed by atoms with Gasteiger partial charge in [0.05, 0.1) is 10.4 Å². The van der Waals surface area contributed by atoms with Crippen LogP contribution >= 0.6 is 11.6 Å². The molecule has 1 spiro atoms. The van der Waals surface area contributed by atoms with Gasteiger partial charge in [0.15, 0.2) is 6.61 Å². The molecule has 6 heteroatoms. The van der Waals surface area contributed by atoms with Crippen LogP contribution in [0, 0.1) is 11.3 Å². The van der Waals surface area contributed by atoms with Crippen LogP contribution in [0.5, 0.6) is 5.75 Å². The van der Waals surface area contributed by atoms with Crippen molar-refractivity contribution < 1.29 is 14.3 Å². The van der Waals surface area contributed by atoms with E-state index in [1.807, 2.05) is 12.1 Å². The van der Waals surface area contributed by atoms with E-state index in [1.54, 1.807) is 17.0 Å². The Kier molecular flexibility index (Phi) is 4.82. The second-order valence-electron chi connectivity index (χ2n) is 7.86. The molecule has 2 aliphatic heterocycles. The van der Waals surface area contributed by atoms with E-state index >= 15 is 0 Å². The number of ether oxygens (including phenoxy) is 1. The summed E-state index contributed by atoms with van der Waals surface area (Å²) in [7, 11) is 0. The van der Waals surface area contributed by atoms with Gasteiger partial charge in [0.1, 0.15) is 5.75 Å². The molecule has 0 N–H and O–H groups in total. The molecule has 1 saturated carbocycles. The summed E-state index contributed by atoms with van der Waals surface area (Å²) in [5.41, 5.74) is -0.368. The molecule has 0 aromatic heterocycles. The van der Waals surface area contributed by atoms with E-state index in [0.29, 0.717) is 29.8 Å². The zero-order chi connectivity index (χ0) is 18.1. The topological polar surface area (TPSA) is 49.9 Å². The second kappa shape index (κ2) is 7.10. The van der Waals surface area contributed by atoms with E-state index in [0.717, 1.165) is 32.4 Å². The number of carbonyl (C=O) groups is 2. The van der Waals surface area contributed by atoms with Crippen molar-refractivity contribution in [2.45, 2.75) is 32.1 Å². The van der Waals surface area contributed by atoms with Crippen molar-refractivity contribution in [1.29, 1.82) is 0 Å². The van der Waals surface area contributed by atoms with Gasteiger partial charge in [-0.05, 0) is 50.2 Å². The van der Waals surface area contributed by atoms with Crippen LogP contribution in [-0.2, 0) is 9.59 Å². The zero-order valence-corrected chi connectivity index (χ0v) is 15.7. The Balaban J connectivity index is 1.35. The van der Waals surface area contributed by atoms with Crippen molar-refractivity contribution in [3.05, 3.63) is 29.3 Å². The largest absolute Gasteiger partial charge is 0.482 e. The highest BCUT2D eigenvalue weighted by atomic mass is 35.5. The Morgan fingerprint density at radius 3 is 2.81 bits per heavy atom. The average molecular weight is 377 g/mol. The highest BCUT2D eigenvalue weighted by Gasteiger charge is 2.49. The van der Waals surface area contributed by atoms with Crippen LogP contribution in [0.25, 0.3) is 0 Å². The van der Waals surface area contributed by atoms with Gasteiger partial charge in [0, 0.05) is 26.2 Å². The minimum absolute atomic E-state index is 0.0419. The average Bonchev–Trinajstić information content (AvgIpc) is 3.36. The SMILES string of the molecule is O=C(COc1ccccc1Cl)N1CCC2(CCCN(CC3CC3)C2=O)C1. The van der Waals surface area contributed by atoms with Crippen LogP contribution < -0.4 is 4.74 Å². The molecule has 2 amide bonds. The van der Waals surface area contributed by atoms with Gasteiger partial charge in [0.2, 0.25) is 5.91 Å². The number of carbonyl (C=O) groups excluding carboxylic acids is 2. The molecule has 1 aromatic carbocycles. The lowest BCUT2D eigenvalue weighted by Gasteiger charge is -2.39. The lowest BCUT2D eigenvalue weighted by atomic mass is 9.78. The van der Waals surface area contributed by atoms with Crippen molar-refractivity contribution in [3.8, 4) is 5.75 Å². The lowest BCUT2D eigenvalue weighted by Crippen LogP contribution is -2.51. The first-order valence-electron chi connectivity index (χ1n) is 9.52. The van der Waals surface area contributed by atoms with E-state index in [4.69, 9.17) is 16.3 Å². The number of nitrogens with zero attached hydrogens (tertiary/aromatic N) is 2. The standard InChI is InChI=1S/C20H25ClN2O3/c21-16-4-1-2-5-17(16)26-13-18(24)23-11-9-20(14-23)8-3-10-22(19(20)25)12-15-6-7-15/h1-2,4-5,15H,3,6-14H2. The van der Waals surface area contributed by atoms with Gasteiger partial charge < -0.3 is 14.5 Å². The van der Waals surface area contributed by atoms with Gasteiger partial charge in [-0.15, -0.1) is 0 Å². The van der Waals surface area contributed by atoms with Crippen LogP contribution in [0.2, 0.25) is 5.02 Å². The Morgan fingerprint density at radius 2 is 2.04 bits per heavy atom. The van der Waals surface area contributed by atoms with E-state index in [-0.39, 0.29) is 23.8 Å². The monoisotopic (exact) mass is 376 g/mol. The lowest BCUT2D eigenvalue weighted by molar-refractivity contribution is -0.146. The smallest absolute Gasteiger partial charge is 0.260 e. The van der Waals surface area contributed by atoms with Gasteiger partial charge in [0.25, 0.3) is 5.91 Å². The Labute approximate surface area is 159 Å². The third kappa shape index (κ3) is 3.54. The van der Waals surface area contributed by atoms with Crippen molar-refractivity contribution in [2.24, 2.45) is 11.3 Å². The molecule has 140 valence electrons. The molecular formula is C20H25ClN2O3. The summed E-state index contributed by atoms with van der Waals surface area (Å²) in [6, 6.07) is 7.14. The minimum atomic E-state index is -0.368. The fourth-order valence-corrected chi connectivity index (χ4v) is 4.39. The van der Waals surface area contributed by atoms with Crippen molar-refractivity contribution in [3.63, 3.8) is 0 Å². The molecule has 4 rings (SSSR count). The summed E-state index contributed by atoms with van der Waals surface area (Å²) in [6.45, 7) is 2.90. The van der Waals surface area contributed by atoms with Gasteiger partial charge in [-0.2, -0.15) is 0 Å². The maximum Gasteiger partial charge on any atom is 0.260 e. The van der Waals surface area contributed by atoms with Gasteiger partial charge in [-0.3, -0.25) is 9.59 Å². The number of piperidine rings is 1. The number of hydrogen-bond donors (Lipinski definition) is 0. The first-order chi connectivity index (χ1) is 12.6. The first kappa shape index (κ1) is 17.7. The summed E-state index contributed by atoms with van der Waals surface area (Å²) < 4.78 is 5.58. The molecule has 26 heavy (non-hydrogen) atoms. The first-order valence-corrected chi connectivity index (χ1v) is 9.90. The molecule has 2 heterocycles. The van der Waals surface area contributed by atoms with E-state index < -0.39 is 0 Å². The number of benzene rings is 1. The number of rotatable bonds is 5. The molecule has 3 fully saturated rings. The molecule has 3 aliphatic rings.